The van der Waals surface area contributed by atoms with Crippen LogP contribution in [0.3, 0.4) is 0 Å². The van der Waals surface area contributed by atoms with E-state index in [1.807, 2.05) is 25.1 Å². The standard InChI is InChI=1S/C12H19NO/c1-9(2)6-7-14-11-5-4-10(3)12(13)8-11/h4-5,8-9H,6-7,13H2,1-3H3. The lowest BCUT2D eigenvalue weighted by Crippen LogP contribution is -2.02. The first-order valence-corrected chi connectivity index (χ1v) is 5.08. The Kier molecular flexibility index (Phi) is 3.81. The first-order chi connectivity index (χ1) is 6.59. The molecule has 2 heteroatoms. The van der Waals surface area contributed by atoms with Crippen molar-refractivity contribution in [3.63, 3.8) is 0 Å². The summed E-state index contributed by atoms with van der Waals surface area (Å²) < 4.78 is 5.57. The third kappa shape index (κ3) is 3.29. The Labute approximate surface area is 86.1 Å². The zero-order valence-electron chi connectivity index (χ0n) is 9.21. The van der Waals surface area contributed by atoms with E-state index in [-0.39, 0.29) is 0 Å². The minimum Gasteiger partial charge on any atom is -0.494 e. The van der Waals surface area contributed by atoms with Gasteiger partial charge in [0, 0.05) is 11.8 Å². The Morgan fingerprint density at radius 3 is 2.64 bits per heavy atom. The van der Waals surface area contributed by atoms with Gasteiger partial charge >= 0.3 is 0 Å². The molecule has 0 saturated carbocycles. The van der Waals surface area contributed by atoms with Crippen molar-refractivity contribution in [2.45, 2.75) is 27.2 Å². The maximum atomic E-state index is 5.77. The third-order valence-corrected chi connectivity index (χ3v) is 2.21. The number of hydrogen-bond acceptors (Lipinski definition) is 2. The molecule has 0 aliphatic carbocycles. The van der Waals surface area contributed by atoms with Gasteiger partial charge in [0.25, 0.3) is 0 Å². The highest BCUT2D eigenvalue weighted by molar-refractivity contribution is 5.50. The summed E-state index contributed by atoms with van der Waals surface area (Å²) in [5.41, 5.74) is 7.67. The molecule has 0 atom stereocenters. The van der Waals surface area contributed by atoms with Crippen LogP contribution in [-0.4, -0.2) is 6.61 Å². The van der Waals surface area contributed by atoms with Gasteiger partial charge in [-0.3, -0.25) is 0 Å². The van der Waals surface area contributed by atoms with E-state index >= 15 is 0 Å². The molecule has 14 heavy (non-hydrogen) atoms. The van der Waals surface area contributed by atoms with E-state index in [4.69, 9.17) is 10.5 Å². The first kappa shape index (κ1) is 10.9. The lowest BCUT2D eigenvalue weighted by Gasteiger charge is -2.09. The summed E-state index contributed by atoms with van der Waals surface area (Å²) in [5, 5.41) is 0. The number of rotatable bonds is 4. The van der Waals surface area contributed by atoms with Gasteiger partial charge in [0.2, 0.25) is 0 Å². The Morgan fingerprint density at radius 2 is 2.07 bits per heavy atom. The molecular weight excluding hydrogens is 174 g/mol. The van der Waals surface area contributed by atoms with Gasteiger partial charge in [-0.25, -0.2) is 0 Å². The van der Waals surface area contributed by atoms with Gasteiger partial charge in [-0.1, -0.05) is 19.9 Å². The molecule has 0 aliphatic rings. The van der Waals surface area contributed by atoms with Gasteiger partial charge in [-0.15, -0.1) is 0 Å². The van der Waals surface area contributed by atoms with Crippen LogP contribution in [0.15, 0.2) is 18.2 Å². The molecule has 0 amide bonds. The normalized spacial score (nSPS) is 10.6. The van der Waals surface area contributed by atoms with E-state index in [9.17, 15) is 0 Å². The smallest absolute Gasteiger partial charge is 0.121 e. The molecule has 2 N–H and O–H groups in total. The molecule has 1 rings (SSSR count). The number of benzene rings is 1. The lowest BCUT2D eigenvalue weighted by molar-refractivity contribution is 0.289. The minimum atomic E-state index is 0.679. The van der Waals surface area contributed by atoms with E-state index in [0.717, 1.165) is 30.0 Å². The Morgan fingerprint density at radius 1 is 1.36 bits per heavy atom. The number of nitrogens with two attached hydrogens (primary N) is 1. The van der Waals surface area contributed by atoms with E-state index in [2.05, 4.69) is 13.8 Å². The van der Waals surface area contributed by atoms with Crippen LogP contribution in [-0.2, 0) is 0 Å². The second-order valence-corrected chi connectivity index (χ2v) is 4.05. The van der Waals surface area contributed by atoms with Gasteiger partial charge in [-0.2, -0.15) is 0 Å². The maximum absolute atomic E-state index is 5.77. The number of nitrogen functional groups attached to an aromatic ring is 1. The second kappa shape index (κ2) is 4.89. The van der Waals surface area contributed by atoms with E-state index in [1.54, 1.807) is 0 Å². The molecule has 0 heterocycles. The molecule has 2 nitrogen and oxygen atoms in total. The van der Waals surface area contributed by atoms with Crippen LogP contribution < -0.4 is 10.5 Å². The minimum absolute atomic E-state index is 0.679. The fraction of sp³-hybridized carbons (Fsp3) is 0.500. The highest BCUT2D eigenvalue weighted by atomic mass is 16.5. The fourth-order valence-corrected chi connectivity index (χ4v) is 1.12. The lowest BCUT2D eigenvalue weighted by atomic mass is 10.1. The van der Waals surface area contributed by atoms with Crippen molar-refractivity contribution in [1.29, 1.82) is 0 Å². The van der Waals surface area contributed by atoms with Gasteiger partial charge in [-0.05, 0) is 30.9 Å². The Hall–Kier alpha value is -1.18. The van der Waals surface area contributed by atoms with Crippen molar-refractivity contribution < 1.29 is 4.74 Å². The van der Waals surface area contributed by atoms with Crippen molar-refractivity contribution in [3.05, 3.63) is 23.8 Å². The Balaban J connectivity index is 2.47. The van der Waals surface area contributed by atoms with Crippen molar-refractivity contribution in [2.24, 2.45) is 5.92 Å². The van der Waals surface area contributed by atoms with Crippen molar-refractivity contribution in [3.8, 4) is 5.75 Å². The van der Waals surface area contributed by atoms with Crippen molar-refractivity contribution in [2.75, 3.05) is 12.3 Å². The summed E-state index contributed by atoms with van der Waals surface area (Å²) >= 11 is 0. The van der Waals surface area contributed by atoms with Crippen molar-refractivity contribution >= 4 is 5.69 Å². The van der Waals surface area contributed by atoms with Crippen LogP contribution in [0.25, 0.3) is 0 Å². The molecule has 1 aromatic rings. The zero-order chi connectivity index (χ0) is 10.6. The predicted molar refractivity (Wildman–Crippen MR) is 60.5 cm³/mol. The van der Waals surface area contributed by atoms with Crippen LogP contribution in [0.1, 0.15) is 25.8 Å². The largest absolute Gasteiger partial charge is 0.494 e. The molecule has 0 aromatic heterocycles. The summed E-state index contributed by atoms with van der Waals surface area (Å²) in [4.78, 5) is 0. The van der Waals surface area contributed by atoms with Gasteiger partial charge in [0.1, 0.15) is 5.75 Å². The summed E-state index contributed by atoms with van der Waals surface area (Å²) in [6.45, 7) is 7.13. The molecule has 0 bridgehead atoms. The van der Waals surface area contributed by atoms with Gasteiger partial charge in [0.15, 0.2) is 0 Å². The monoisotopic (exact) mass is 193 g/mol. The quantitative estimate of drug-likeness (QED) is 0.746. The highest BCUT2D eigenvalue weighted by Gasteiger charge is 1.98. The number of ether oxygens (including phenoxy) is 1. The van der Waals surface area contributed by atoms with Crippen LogP contribution in [0.5, 0.6) is 5.75 Å². The highest BCUT2D eigenvalue weighted by Crippen LogP contribution is 2.19. The second-order valence-electron chi connectivity index (χ2n) is 4.05. The SMILES string of the molecule is Cc1ccc(OCCC(C)C)cc1N. The van der Waals surface area contributed by atoms with Crippen LogP contribution in [0.4, 0.5) is 5.69 Å². The van der Waals surface area contributed by atoms with Gasteiger partial charge < -0.3 is 10.5 Å². The molecule has 1 aromatic carbocycles. The first-order valence-electron chi connectivity index (χ1n) is 5.08. The number of anilines is 1. The average Bonchev–Trinajstić information content (AvgIpc) is 2.10. The average molecular weight is 193 g/mol. The summed E-state index contributed by atoms with van der Waals surface area (Å²) in [5.74, 6) is 1.55. The van der Waals surface area contributed by atoms with Crippen LogP contribution in [0.2, 0.25) is 0 Å². The maximum Gasteiger partial charge on any atom is 0.121 e. The van der Waals surface area contributed by atoms with Crippen LogP contribution in [0, 0.1) is 12.8 Å². The van der Waals surface area contributed by atoms with E-state index in [0.29, 0.717) is 5.92 Å². The molecule has 78 valence electrons. The van der Waals surface area contributed by atoms with Gasteiger partial charge in [0.05, 0.1) is 6.61 Å². The zero-order valence-corrected chi connectivity index (χ0v) is 9.21. The number of hydrogen-bond donors (Lipinski definition) is 1. The fourth-order valence-electron chi connectivity index (χ4n) is 1.12. The van der Waals surface area contributed by atoms with Crippen LogP contribution >= 0.6 is 0 Å². The molecule has 0 unspecified atom stereocenters. The predicted octanol–water partition coefficient (Wildman–Crippen LogP) is 3.00. The Bertz CT molecular complexity index is 294. The molecule has 0 fully saturated rings. The van der Waals surface area contributed by atoms with E-state index < -0.39 is 0 Å². The molecule has 0 radical (unpaired) electrons. The topological polar surface area (TPSA) is 35.2 Å². The van der Waals surface area contributed by atoms with E-state index in [1.165, 1.54) is 0 Å². The number of aryl methyl sites for hydroxylation is 1. The molecular formula is C12H19NO. The summed E-state index contributed by atoms with van der Waals surface area (Å²) in [6.07, 6.45) is 1.08. The third-order valence-electron chi connectivity index (χ3n) is 2.21. The molecule has 0 aliphatic heterocycles. The van der Waals surface area contributed by atoms with Crippen molar-refractivity contribution in [1.82, 2.24) is 0 Å². The molecule has 0 spiro atoms. The summed E-state index contributed by atoms with van der Waals surface area (Å²) in [7, 11) is 0. The molecule has 0 saturated heterocycles. The summed E-state index contributed by atoms with van der Waals surface area (Å²) in [6, 6.07) is 5.84.